The number of carbonyl (C=O) groups excluding carboxylic acids is 1. The lowest BCUT2D eigenvalue weighted by molar-refractivity contribution is -0.126. The van der Waals surface area contributed by atoms with Crippen LogP contribution in [0.5, 0.6) is 0 Å². The monoisotopic (exact) mass is 354 g/mol. The van der Waals surface area contributed by atoms with Crippen LogP contribution in [0.3, 0.4) is 0 Å². The largest absolute Gasteiger partial charge is 0.350 e. The van der Waals surface area contributed by atoms with Gasteiger partial charge in [-0.05, 0) is 44.1 Å². The molecule has 26 heavy (non-hydrogen) atoms. The topological polar surface area (TPSA) is 75.1 Å². The summed E-state index contributed by atoms with van der Waals surface area (Å²) in [5, 5.41) is 11.1. The Hall–Kier alpha value is -2.25. The maximum absolute atomic E-state index is 12.4. The molecule has 7 heteroatoms. The summed E-state index contributed by atoms with van der Waals surface area (Å²) in [6, 6.07) is 7.96. The first kappa shape index (κ1) is 17.2. The summed E-state index contributed by atoms with van der Waals surface area (Å²) < 4.78 is 2.11. The maximum Gasteiger partial charge on any atom is 0.223 e. The summed E-state index contributed by atoms with van der Waals surface area (Å²) in [6.45, 7) is 6.13. The average Bonchev–Trinajstić information content (AvgIpc) is 3.10. The number of hydrogen-bond acceptors (Lipinski definition) is 5. The summed E-state index contributed by atoms with van der Waals surface area (Å²) in [5.74, 6) is 0.258. The van der Waals surface area contributed by atoms with Gasteiger partial charge in [0.1, 0.15) is 0 Å². The molecular formula is C19H26N6O. The van der Waals surface area contributed by atoms with E-state index >= 15 is 0 Å². The highest BCUT2D eigenvalue weighted by Gasteiger charge is 2.25. The van der Waals surface area contributed by atoms with Crippen molar-refractivity contribution in [3.63, 3.8) is 0 Å². The van der Waals surface area contributed by atoms with Crippen LogP contribution in [0.25, 0.3) is 0 Å². The molecule has 0 aromatic carbocycles. The summed E-state index contributed by atoms with van der Waals surface area (Å²) in [4.78, 5) is 19.0. The third-order valence-electron chi connectivity index (χ3n) is 5.23. The zero-order valence-electron chi connectivity index (χ0n) is 15.0. The van der Waals surface area contributed by atoms with Gasteiger partial charge >= 0.3 is 0 Å². The smallest absolute Gasteiger partial charge is 0.223 e. The van der Waals surface area contributed by atoms with Gasteiger partial charge < -0.3 is 10.6 Å². The molecule has 4 heterocycles. The van der Waals surface area contributed by atoms with Crippen molar-refractivity contribution in [2.45, 2.75) is 39.0 Å². The highest BCUT2D eigenvalue weighted by atomic mass is 16.1. The standard InChI is InChI=1S/C19H26N6O/c26-19(22-12-16-3-1-2-6-21-16)15-4-8-24(9-5-15)14-17-11-18-13-20-7-10-25(18)23-17/h1-3,6,11,15,20H,4-5,7-10,12-14H2,(H,22,26). The van der Waals surface area contributed by atoms with Crippen LogP contribution in [-0.4, -0.2) is 45.2 Å². The lowest BCUT2D eigenvalue weighted by atomic mass is 9.96. The fraction of sp³-hybridized carbons (Fsp3) is 0.526. The molecule has 0 spiro atoms. The Balaban J connectivity index is 1.23. The van der Waals surface area contributed by atoms with Crippen molar-refractivity contribution in [2.75, 3.05) is 19.6 Å². The van der Waals surface area contributed by atoms with E-state index in [0.29, 0.717) is 6.54 Å². The van der Waals surface area contributed by atoms with Crippen molar-refractivity contribution in [2.24, 2.45) is 5.92 Å². The first-order chi connectivity index (χ1) is 12.8. The Morgan fingerprint density at radius 3 is 2.88 bits per heavy atom. The molecule has 0 radical (unpaired) electrons. The number of nitrogens with zero attached hydrogens (tertiary/aromatic N) is 4. The van der Waals surface area contributed by atoms with Gasteiger partial charge in [-0.15, -0.1) is 0 Å². The van der Waals surface area contributed by atoms with Gasteiger partial charge in [0.25, 0.3) is 0 Å². The number of aromatic nitrogens is 3. The molecule has 1 saturated heterocycles. The molecule has 1 amide bonds. The van der Waals surface area contributed by atoms with Crippen LogP contribution in [0.4, 0.5) is 0 Å². The Morgan fingerprint density at radius 2 is 2.12 bits per heavy atom. The third-order valence-corrected chi connectivity index (χ3v) is 5.23. The lowest BCUT2D eigenvalue weighted by Crippen LogP contribution is -2.40. The van der Waals surface area contributed by atoms with Crippen molar-refractivity contribution in [3.05, 3.63) is 47.5 Å². The van der Waals surface area contributed by atoms with Gasteiger partial charge in [-0.3, -0.25) is 19.4 Å². The number of carbonyl (C=O) groups is 1. The van der Waals surface area contributed by atoms with Gasteiger partial charge in [-0.1, -0.05) is 6.07 Å². The SMILES string of the molecule is O=C(NCc1ccccn1)C1CCN(Cc2cc3n(n2)CCNC3)CC1. The molecule has 138 valence electrons. The quantitative estimate of drug-likeness (QED) is 0.835. The Kier molecular flexibility index (Phi) is 5.26. The van der Waals surface area contributed by atoms with Crippen molar-refractivity contribution in [1.82, 2.24) is 30.3 Å². The molecule has 0 saturated carbocycles. The van der Waals surface area contributed by atoms with Gasteiger partial charge in [0.05, 0.1) is 30.2 Å². The van der Waals surface area contributed by atoms with Gasteiger partial charge in [-0.25, -0.2) is 0 Å². The molecule has 2 aliphatic heterocycles. The minimum atomic E-state index is 0.106. The molecule has 2 aromatic rings. The van der Waals surface area contributed by atoms with Crippen LogP contribution in [0.1, 0.15) is 29.9 Å². The van der Waals surface area contributed by atoms with Gasteiger partial charge in [0.15, 0.2) is 0 Å². The minimum absolute atomic E-state index is 0.106. The number of amides is 1. The van der Waals surface area contributed by atoms with Crippen LogP contribution in [-0.2, 0) is 31.0 Å². The minimum Gasteiger partial charge on any atom is -0.350 e. The van der Waals surface area contributed by atoms with Crippen LogP contribution in [0, 0.1) is 5.92 Å². The van der Waals surface area contributed by atoms with Gasteiger partial charge in [0, 0.05) is 31.7 Å². The summed E-state index contributed by atoms with van der Waals surface area (Å²) in [5.41, 5.74) is 3.31. The molecule has 0 atom stereocenters. The lowest BCUT2D eigenvalue weighted by Gasteiger charge is -2.30. The second-order valence-corrected chi connectivity index (χ2v) is 7.12. The Morgan fingerprint density at radius 1 is 1.23 bits per heavy atom. The second kappa shape index (κ2) is 7.97. The predicted molar refractivity (Wildman–Crippen MR) is 98.0 cm³/mol. The van der Waals surface area contributed by atoms with Crippen molar-refractivity contribution in [3.8, 4) is 0 Å². The normalized spacial score (nSPS) is 18.5. The number of likely N-dealkylation sites (tertiary alicyclic amines) is 1. The number of rotatable bonds is 5. The molecule has 0 aliphatic carbocycles. The van der Waals surface area contributed by atoms with Gasteiger partial charge in [-0.2, -0.15) is 5.10 Å². The zero-order chi connectivity index (χ0) is 17.8. The molecule has 2 aromatic heterocycles. The van der Waals surface area contributed by atoms with E-state index in [2.05, 4.69) is 31.3 Å². The van der Waals surface area contributed by atoms with E-state index in [1.165, 1.54) is 5.69 Å². The van der Waals surface area contributed by atoms with Crippen LogP contribution in [0.15, 0.2) is 30.5 Å². The molecule has 0 bridgehead atoms. The van der Waals surface area contributed by atoms with Crippen molar-refractivity contribution < 1.29 is 4.79 Å². The second-order valence-electron chi connectivity index (χ2n) is 7.12. The molecular weight excluding hydrogens is 328 g/mol. The molecule has 1 fully saturated rings. The fourth-order valence-corrected chi connectivity index (χ4v) is 3.74. The first-order valence-electron chi connectivity index (χ1n) is 9.44. The number of hydrogen-bond donors (Lipinski definition) is 2. The van der Waals surface area contributed by atoms with Gasteiger partial charge in [0.2, 0.25) is 5.91 Å². The van der Waals surface area contributed by atoms with Crippen LogP contribution >= 0.6 is 0 Å². The number of piperidine rings is 1. The highest BCUT2D eigenvalue weighted by molar-refractivity contribution is 5.78. The van der Waals surface area contributed by atoms with E-state index in [1.54, 1.807) is 6.20 Å². The molecule has 0 unspecified atom stereocenters. The summed E-state index contributed by atoms with van der Waals surface area (Å²) >= 11 is 0. The highest BCUT2D eigenvalue weighted by Crippen LogP contribution is 2.20. The number of nitrogens with one attached hydrogen (secondary N) is 2. The predicted octanol–water partition coefficient (Wildman–Crippen LogP) is 0.910. The number of pyridine rings is 1. The Bertz CT molecular complexity index is 712. The Labute approximate surface area is 153 Å². The van der Waals surface area contributed by atoms with E-state index in [9.17, 15) is 4.79 Å². The summed E-state index contributed by atoms with van der Waals surface area (Å²) in [6.07, 6.45) is 3.57. The fourth-order valence-electron chi connectivity index (χ4n) is 3.74. The van der Waals surface area contributed by atoms with Crippen LogP contribution in [0.2, 0.25) is 0 Å². The molecule has 7 nitrogen and oxygen atoms in total. The number of fused-ring (bicyclic) bond motifs is 1. The van der Waals surface area contributed by atoms with Crippen molar-refractivity contribution in [1.29, 1.82) is 0 Å². The molecule has 4 rings (SSSR count). The van der Waals surface area contributed by atoms with Crippen LogP contribution < -0.4 is 10.6 Å². The maximum atomic E-state index is 12.4. The first-order valence-corrected chi connectivity index (χ1v) is 9.44. The van der Waals surface area contributed by atoms with Crippen molar-refractivity contribution >= 4 is 5.91 Å². The van der Waals surface area contributed by atoms with E-state index in [4.69, 9.17) is 5.10 Å². The van der Waals surface area contributed by atoms with E-state index in [-0.39, 0.29) is 11.8 Å². The zero-order valence-corrected chi connectivity index (χ0v) is 15.0. The summed E-state index contributed by atoms with van der Waals surface area (Å²) in [7, 11) is 0. The van der Waals surface area contributed by atoms with E-state index in [0.717, 1.165) is 63.5 Å². The molecule has 2 aliphatic rings. The van der Waals surface area contributed by atoms with E-state index in [1.807, 2.05) is 18.2 Å². The van der Waals surface area contributed by atoms with E-state index < -0.39 is 0 Å². The average molecular weight is 354 g/mol. The third kappa shape index (κ3) is 4.11. The molecule has 2 N–H and O–H groups in total.